The summed E-state index contributed by atoms with van der Waals surface area (Å²) < 4.78 is 11.2. The van der Waals surface area contributed by atoms with Gasteiger partial charge in [0.15, 0.2) is 0 Å². The molecule has 1 aromatic carbocycles. The lowest BCUT2D eigenvalue weighted by Gasteiger charge is -2.08. The van der Waals surface area contributed by atoms with Crippen LogP contribution >= 0.6 is 31.9 Å². The standard InChI is InChI=1S/C15H14Br2O4/c1-3-21-15(19)11(5-4-6-14(18)20-2)10-7-8-12(16)13(17)9-10/h4-9H,3H2,1-2H3/b6-4-,11-5+. The first-order chi connectivity index (χ1) is 9.99. The van der Waals surface area contributed by atoms with E-state index in [-0.39, 0.29) is 6.61 Å². The number of carbonyl (C=O) groups is 2. The van der Waals surface area contributed by atoms with Crippen molar-refractivity contribution in [2.24, 2.45) is 0 Å². The highest BCUT2D eigenvalue weighted by molar-refractivity contribution is 9.13. The van der Waals surface area contributed by atoms with E-state index in [2.05, 4.69) is 36.6 Å². The molecule has 0 amide bonds. The molecule has 0 saturated heterocycles. The summed E-state index contributed by atoms with van der Waals surface area (Å²) >= 11 is 6.76. The van der Waals surface area contributed by atoms with Gasteiger partial charge in [-0.2, -0.15) is 0 Å². The van der Waals surface area contributed by atoms with Crippen molar-refractivity contribution >= 4 is 49.4 Å². The molecule has 0 atom stereocenters. The monoisotopic (exact) mass is 416 g/mol. The molecule has 0 aliphatic carbocycles. The Bertz CT molecular complexity index is 591. The largest absolute Gasteiger partial charge is 0.466 e. The molecule has 0 saturated carbocycles. The first-order valence-electron chi connectivity index (χ1n) is 6.08. The quantitative estimate of drug-likeness (QED) is 0.414. The summed E-state index contributed by atoms with van der Waals surface area (Å²) in [5.74, 6) is -0.951. The average Bonchev–Trinajstić information content (AvgIpc) is 2.46. The van der Waals surface area contributed by atoms with Gasteiger partial charge in [-0.3, -0.25) is 0 Å². The SMILES string of the molecule is CCOC(=O)/C(=C/C=C\C(=O)OC)c1ccc(Br)c(Br)c1. The Morgan fingerprint density at radius 3 is 2.52 bits per heavy atom. The van der Waals surface area contributed by atoms with Crippen LogP contribution in [0.4, 0.5) is 0 Å². The number of esters is 2. The fourth-order valence-electron chi connectivity index (χ4n) is 1.45. The number of ether oxygens (including phenoxy) is 2. The van der Waals surface area contributed by atoms with E-state index in [9.17, 15) is 9.59 Å². The molecule has 0 radical (unpaired) electrons. The Morgan fingerprint density at radius 1 is 1.24 bits per heavy atom. The summed E-state index contributed by atoms with van der Waals surface area (Å²) in [4.78, 5) is 23.1. The molecular formula is C15H14Br2O4. The van der Waals surface area contributed by atoms with E-state index < -0.39 is 11.9 Å². The van der Waals surface area contributed by atoms with Crippen LogP contribution in [0.25, 0.3) is 5.57 Å². The van der Waals surface area contributed by atoms with Crippen LogP contribution in [-0.4, -0.2) is 25.7 Å². The van der Waals surface area contributed by atoms with Crippen LogP contribution in [0, 0.1) is 0 Å². The highest BCUT2D eigenvalue weighted by atomic mass is 79.9. The van der Waals surface area contributed by atoms with Crippen LogP contribution in [0.3, 0.4) is 0 Å². The van der Waals surface area contributed by atoms with Crippen molar-refractivity contribution in [3.05, 3.63) is 50.9 Å². The van der Waals surface area contributed by atoms with Gasteiger partial charge in [0.05, 0.1) is 19.3 Å². The van der Waals surface area contributed by atoms with E-state index in [4.69, 9.17) is 4.74 Å². The molecule has 112 valence electrons. The molecule has 0 bridgehead atoms. The predicted molar refractivity (Wildman–Crippen MR) is 87.6 cm³/mol. The summed E-state index contributed by atoms with van der Waals surface area (Å²) in [5, 5.41) is 0. The van der Waals surface area contributed by atoms with Crippen molar-refractivity contribution in [3.63, 3.8) is 0 Å². The third-order valence-corrected chi connectivity index (χ3v) is 4.30. The average molecular weight is 418 g/mol. The second-order valence-corrected chi connectivity index (χ2v) is 5.52. The minimum absolute atomic E-state index is 0.272. The Hall–Kier alpha value is -1.40. The summed E-state index contributed by atoms with van der Waals surface area (Å²) in [6.07, 6.45) is 4.20. The third kappa shape index (κ3) is 5.47. The van der Waals surface area contributed by atoms with Crippen molar-refractivity contribution in [3.8, 4) is 0 Å². The molecule has 1 aromatic rings. The number of allylic oxidation sites excluding steroid dienone is 2. The lowest BCUT2D eigenvalue weighted by molar-refractivity contribution is -0.136. The fraction of sp³-hybridized carbons (Fsp3) is 0.200. The number of rotatable bonds is 5. The normalized spacial score (nSPS) is 11.5. The molecule has 0 unspecified atom stereocenters. The predicted octanol–water partition coefficient (Wildman–Crippen LogP) is 3.89. The highest BCUT2D eigenvalue weighted by Crippen LogP contribution is 2.27. The topological polar surface area (TPSA) is 52.6 Å². The van der Waals surface area contributed by atoms with Crippen LogP contribution in [-0.2, 0) is 19.1 Å². The number of benzene rings is 1. The zero-order chi connectivity index (χ0) is 15.8. The van der Waals surface area contributed by atoms with E-state index in [1.807, 2.05) is 6.07 Å². The molecule has 0 aliphatic heterocycles. The maximum atomic E-state index is 12.0. The van der Waals surface area contributed by atoms with E-state index in [0.717, 1.165) is 8.95 Å². The Morgan fingerprint density at radius 2 is 1.95 bits per heavy atom. The van der Waals surface area contributed by atoms with Gasteiger partial charge in [-0.25, -0.2) is 9.59 Å². The van der Waals surface area contributed by atoms with Gasteiger partial charge < -0.3 is 9.47 Å². The Kier molecular flexibility index (Phi) is 7.39. The molecule has 0 N–H and O–H groups in total. The number of hydrogen-bond acceptors (Lipinski definition) is 4. The van der Waals surface area contributed by atoms with Crippen LogP contribution in [0.2, 0.25) is 0 Å². The lowest BCUT2D eigenvalue weighted by atomic mass is 10.1. The smallest absolute Gasteiger partial charge is 0.338 e. The van der Waals surface area contributed by atoms with Crippen molar-refractivity contribution in [1.82, 2.24) is 0 Å². The molecule has 0 heterocycles. The van der Waals surface area contributed by atoms with E-state index in [0.29, 0.717) is 11.1 Å². The van der Waals surface area contributed by atoms with Crippen molar-refractivity contribution in [1.29, 1.82) is 0 Å². The maximum Gasteiger partial charge on any atom is 0.338 e. The van der Waals surface area contributed by atoms with Gasteiger partial charge in [-0.1, -0.05) is 12.1 Å². The van der Waals surface area contributed by atoms with Crippen molar-refractivity contribution in [2.45, 2.75) is 6.92 Å². The zero-order valence-electron chi connectivity index (χ0n) is 11.6. The van der Waals surface area contributed by atoms with Gasteiger partial charge in [0.25, 0.3) is 0 Å². The van der Waals surface area contributed by atoms with Crippen LogP contribution < -0.4 is 0 Å². The second-order valence-electron chi connectivity index (χ2n) is 3.81. The van der Waals surface area contributed by atoms with Gasteiger partial charge in [0.2, 0.25) is 0 Å². The molecular weight excluding hydrogens is 404 g/mol. The van der Waals surface area contributed by atoms with Crippen LogP contribution in [0.1, 0.15) is 12.5 Å². The molecule has 0 fully saturated rings. The highest BCUT2D eigenvalue weighted by Gasteiger charge is 2.13. The minimum Gasteiger partial charge on any atom is -0.466 e. The van der Waals surface area contributed by atoms with E-state index in [1.54, 1.807) is 19.1 Å². The summed E-state index contributed by atoms with van der Waals surface area (Å²) in [6.45, 7) is 2.01. The van der Waals surface area contributed by atoms with Crippen molar-refractivity contribution in [2.75, 3.05) is 13.7 Å². The number of halogens is 2. The lowest BCUT2D eigenvalue weighted by Crippen LogP contribution is -2.07. The van der Waals surface area contributed by atoms with Gasteiger partial charge in [-0.05, 0) is 62.6 Å². The first kappa shape index (κ1) is 17.7. The number of hydrogen-bond donors (Lipinski definition) is 0. The molecule has 21 heavy (non-hydrogen) atoms. The molecule has 0 spiro atoms. The van der Waals surface area contributed by atoms with Crippen molar-refractivity contribution < 1.29 is 19.1 Å². The fourth-order valence-corrected chi connectivity index (χ4v) is 2.07. The molecule has 0 aromatic heterocycles. The maximum absolute atomic E-state index is 12.0. The Balaban J connectivity index is 3.15. The van der Waals surface area contributed by atoms with E-state index in [1.165, 1.54) is 25.3 Å². The van der Waals surface area contributed by atoms with Crippen LogP contribution in [0.5, 0.6) is 0 Å². The first-order valence-corrected chi connectivity index (χ1v) is 7.67. The van der Waals surface area contributed by atoms with E-state index >= 15 is 0 Å². The second kappa shape index (κ2) is 8.79. The molecule has 6 heteroatoms. The molecule has 0 aliphatic rings. The van der Waals surface area contributed by atoms with Gasteiger partial charge >= 0.3 is 11.9 Å². The van der Waals surface area contributed by atoms with Gasteiger partial charge in [-0.15, -0.1) is 0 Å². The zero-order valence-corrected chi connectivity index (χ0v) is 14.7. The summed E-state index contributed by atoms with van der Waals surface area (Å²) in [6, 6.07) is 5.39. The molecule has 4 nitrogen and oxygen atoms in total. The Labute approximate surface area is 140 Å². The summed E-state index contributed by atoms with van der Waals surface area (Å²) in [7, 11) is 1.29. The van der Waals surface area contributed by atoms with Crippen LogP contribution in [0.15, 0.2) is 45.4 Å². The third-order valence-electron chi connectivity index (χ3n) is 2.42. The summed E-state index contributed by atoms with van der Waals surface area (Å²) in [5.41, 5.74) is 1.03. The van der Waals surface area contributed by atoms with Gasteiger partial charge in [0, 0.05) is 15.0 Å². The number of methoxy groups -OCH3 is 1. The molecule has 1 rings (SSSR count). The number of carbonyl (C=O) groups excluding carboxylic acids is 2. The minimum atomic E-state index is -0.494. The van der Waals surface area contributed by atoms with Gasteiger partial charge in [0.1, 0.15) is 0 Å².